The minimum atomic E-state index is -4.47. The van der Waals surface area contributed by atoms with E-state index in [4.69, 9.17) is 0 Å². The fourth-order valence-corrected chi connectivity index (χ4v) is 3.80. The van der Waals surface area contributed by atoms with Crippen molar-refractivity contribution in [3.8, 4) is 0 Å². The Hall–Kier alpha value is -1.78. The van der Waals surface area contributed by atoms with E-state index in [9.17, 15) is 13.2 Å². The number of allylic oxidation sites excluding steroid dienone is 3. The van der Waals surface area contributed by atoms with Crippen molar-refractivity contribution in [2.24, 2.45) is 5.92 Å². The van der Waals surface area contributed by atoms with Crippen LogP contribution in [0.1, 0.15) is 63.6 Å². The molecule has 0 saturated carbocycles. The number of rotatable bonds is 4. The predicted octanol–water partition coefficient (Wildman–Crippen LogP) is 6.61. The van der Waals surface area contributed by atoms with Crippen molar-refractivity contribution in [1.29, 1.82) is 0 Å². The van der Waals surface area contributed by atoms with Crippen LogP contribution in [0.2, 0.25) is 0 Å². The minimum Gasteiger partial charge on any atom is -0.388 e. The summed E-state index contributed by atoms with van der Waals surface area (Å²) in [6, 6.07) is 3.32. The zero-order valence-corrected chi connectivity index (χ0v) is 16.0. The Morgan fingerprint density at radius 1 is 1.19 bits per heavy atom. The van der Waals surface area contributed by atoms with E-state index in [1.165, 1.54) is 13.0 Å². The Morgan fingerprint density at radius 3 is 2.35 bits per heavy atom. The molecule has 1 aliphatic rings. The summed E-state index contributed by atoms with van der Waals surface area (Å²) < 4.78 is 55.5. The SMILES string of the molecule is CCCC1=C(\CC)C(C)C(C)(F)c2ccc(C(F)(F)F)cc2\C(NC)=C\1. The highest BCUT2D eigenvalue weighted by atomic mass is 19.4. The van der Waals surface area contributed by atoms with Gasteiger partial charge in [-0.25, -0.2) is 4.39 Å². The molecular formula is C21H27F4N. The number of alkyl halides is 4. The number of halogens is 4. The van der Waals surface area contributed by atoms with Gasteiger partial charge in [0.05, 0.1) is 5.56 Å². The Kier molecular flexibility index (Phi) is 5.89. The fraction of sp³-hybridized carbons (Fsp3) is 0.524. The molecular weight excluding hydrogens is 342 g/mol. The molecule has 0 amide bonds. The summed E-state index contributed by atoms with van der Waals surface area (Å²) in [5.41, 5.74) is 0.603. The number of hydrogen-bond donors (Lipinski definition) is 1. The van der Waals surface area contributed by atoms with Gasteiger partial charge in [0, 0.05) is 24.2 Å². The van der Waals surface area contributed by atoms with Crippen LogP contribution in [0.5, 0.6) is 0 Å². The van der Waals surface area contributed by atoms with Crippen LogP contribution < -0.4 is 5.32 Å². The summed E-state index contributed by atoms with van der Waals surface area (Å²) in [6.07, 6.45) is -0.210. The zero-order valence-electron chi connectivity index (χ0n) is 16.0. The number of benzene rings is 1. The summed E-state index contributed by atoms with van der Waals surface area (Å²) in [6.45, 7) is 7.34. The lowest BCUT2D eigenvalue weighted by atomic mass is 9.74. The average molecular weight is 369 g/mol. The summed E-state index contributed by atoms with van der Waals surface area (Å²) in [5.74, 6) is -0.417. The van der Waals surface area contributed by atoms with Crippen molar-refractivity contribution in [2.75, 3.05) is 7.05 Å². The molecule has 0 aromatic heterocycles. The maximum atomic E-state index is 15.9. The average Bonchev–Trinajstić information content (AvgIpc) is 2.57. The van der Waals surface area contributed by atoms with Crippen molar-refractivity contribution >= 4 is 5.70 Å². The summed E-state index contributed by atoms with van der Waals surface area (Å²) in [7, 11) is 1.66. The van der Waals surface area contributed by atoms with Crippen LogP contribution in [-0.2, 0) is 11.8 Å². The molecule has 0 saturated heterocycles. The van der Waals surface area contributed by atoms with E-state index in [2.05, 4.69) is 5.32 Å². The minimum absolute atomic E-state index is 0.280. The lowest BCUT2D eigenvalue weighted by Crippen LogP contribution is -2.30. The second kappa shape index (κ2) is 7.45. The van der Waals surface area contributed by atoms with Gasteiger partial charge >= 0.3 is 6.18 Å². The largest absolute Gasteiger partial charge is 0.416 e. The topological polar surface area (TPSA) is 12.0 Å². The first-order valence-corrected chi connectivity index (χ1v) is 9.10. The molecule has 0 radical (unpaired) electrons. The van der Waals surface area contributed by atoms with Gasteiger partial charge in [-0.1, -0.05) is 38.8 Å². The second-order valence-corrected chi connectivity index (χ2v) is 7.02. The standard InChI is InChI=1S/C21H27F4N/c1-6-8-14-11-19(26-5)17-12-15(21(23,24)25)9-10-18(17)20(4,22)13(3)16(14)7-2/h9-13,26H,6-8H2,1-5H3/b16-14-,19-11-. The summed E-state index contributed by atoms with van der Waals surface area (Å²) in [5, 5.41) is 2.99. The highest BCUT2D eigenvalue weighted by molar-refractivity contribution is 5.72. The molecule has 5 heteroatoms. The van der Waals surface area contributed by atoms with Crippen molar-refractivity contribution in [2.45, 2.75) is 58.8 Å². The molecule has 0 aliphatic heterocycles. The molecule has 1 aliphatic carbocycles. The third-order valence-corrected chi connectivity index (χ3v) is 5.40. The quantitative estimate of drug-likeness (QED) is 0.589. The van der Waals surface area contributed by atoms with Crippen LogP contribution >= 0.6 is 0 Å². The van der Waals surface area contributed by atoms with Gasteiger partial charge in [0.1, 0.15) is 5.67 Å². The molecule has 0 spiro atoms. The van der Waals surface area contributed by atoms with Gasteiger partial charge in [0.25, 0.3) is 0 Å². The molecule has 0 bridgehead atoms. The van der Waals surface area contributed by atoms with Crippen molar-refractivity contribution in [3.05, 3.63) is 52.1 Å². The van der Waals surface area contributed by atoms with Gasteiger partial charge in [-0.3, -0.25) is 0 Å². The van der Waals surface area contributed by atoms with Gasteiger partial charge in [0.15, 0.2) is 0 Å². The number of hydrogen-bond acceptors (Lipinski definition) is 1. The van der Waals surface area contributed by atoms with E-state index < -0.39 is 23.3 Å². The van der Waals surface area contributed by atoms with Crippen LogP contribution in [-0.4, -0.2) is 7.05 Å². The Labute approximate surface area is 153 Å². The van der Waals surface area contributed by atoms with Crippen molar-refractivity contribution in [3.63, 3.8) is 0 Å². The first-order valence-electron chi connectivity index (χ1n) is 9.10. The third kappa shape index (κ3) is 3.67. The van der Waals surface area contributed by atoms with Crippen LogP contribution in [0.3, 0.4) is 0 Å². The van der Waals surface area contributed by atoms with E-state index in [0.717, 1.165) is 36.1 Å². The fourth-order valence-electron chi connectivity index (χ4n) is 3.80. The Balaban J connectivity index is 2.84. The lowest BCUT2D eigenvalue weighted by molar-refractivity contribution is -0.137. The maximum absolute atomic E-state index is 15.9. The van der Waals surface area contributed by atoms with Crippen LogP contribution in [0.25, 0.3) is 5.70 Å². The second-order valence-electron chi connectivity index (χ2n) is 7.02. The molecule has 1 nitrogen and oxygen atoms in total. The molecule has 1 aromatic rings. The lowest BCUT2D eigenvalue weighted by Gasteiger charge is -2.35. The van der Waals surface area contributed by atoms with Gasteiger partial charge in [-0.2, -0.15) is 13.2 Å². The van der Waals surface area contributed by atoms with Crippen LogP contribution in [0.4, 0.5) is 17.6 Å². The maximum Gasteiger partial charge on any atom is 0.416 e. The number of nitrogens with one attached hydrogen (secondary N) is 1. The molecule has 2 unspecified atom stereocenters. The molecule has 1 aromatic carbocycles. The molecule has 1 N–H and O–H groups in total. The molecule has 0 heterocycles. The van der Waals surface area contributed by atoms with Crippen molar-refractivity contribution < 1.29 is 17.6 Å². The Bertz CT molecular complexity index is 726. The summed E-state index contributed by atoms with van der Waals surface area (Å²) in [4.78, 5) is 0. The smallest absolute Gasteiger partial charge is 0.388 e. The highest BCUT2D eigenvalue weighted by Gasteiger charge is 2.40. The van der Waals surface area contributed by atoms with Gasteiger partial charge in [0.2, 0.25) is 0 Å². The van der Waals surface area contributed by atoms with Crippen LogP contribution in [0.15, 0.2) is 35.4 Å². The molecule has 2 atom stereocenters. The molecule has 26 heavy (non-hydrogen) atoms. The normalized spacial score (nSPS) is 28.7. The predicted molar refractivity (Wildman–Crippen MR) is 98.3 cm³/mol. The van der Waals surface area contributed by atoms with E-state index in [1.807, 2.05) is 26.8 Å². The monoisotopic (exact) mass is 369 g/mol. The molecule has 0 fully saturated rings. The van der Waals surface area contributed by atoms with Crippen LogP contribution in [0, 0.1) is 5.92 Å². The highest BCUT2D eigenvalue weighted by Crippen LogP contribution is 2.46. The number of fused-ring (bicyclic) bond motifs is 1. The zero-order chi connectivity index (χ0) is 19.7. The van der Waals surface area contributed by atoms with E-state index in [1.54, 1.807) is 7.05 Å². The first-order chi connectivity index (χ1) is 12.1. The van der Waals surface area contributed by atoms with E-state index in [0.29, 0.717) is 17.7 Å². The third-order valence-electron chi connectivity index (χ3n) is 5.40. The van der Waals surface area contributed by atoms with E-state index in [-0.39, 0.29) is 5.56 Å². The summed E-state index contributed by atoms with van der Waals surface area (Å²) >= 11 is 0. The van der Waals surface area contributed by atoms with Gasteiger partial charge in [-0.05, 0) is 49.1 Å². The van der Waals surface area contributed by atoms with Gasteiger partial charge < -0.3 is 5.32 Å². The Morgan fingerprint density at radius 2 is 1.85 bits per heavy atom. The van der Waals surface area contributed by atoms with Crippen molar-refractivity contribution in [1.82, 2.24) is 5.32 Å². The molecule has 2 rings (SSSR count). The molecule has 144 valence electrons. The van der Waals surface area contributed by atoms with E-state index >= 15 is 4.39 Å². The van der Waals surface area contributed by atoms with Gasteiger partial charge in [-0.15, -0.1) is 0 Å². The first kappa shape index (κ1) is 20.5.